The van der Waals surface area contributed by atoms with E-state index in [2.05, 4.69) is 17.1 Å². The number of hydrogen-bond acceptors (Lipinski definition) is 2. The van der Waals surface area contributed by atoms with E-state index < -0.39 is 0 Å². The van der Waals surface area contributed by atoms with Crippen molar-refractivity contribution in [3.63, 3.8) is 0 Å². The molecule has 0 saturated heterocycles. The van der Waals surface area contributed by atoms with E-state index in [1.165, 1.54) is 5.70 Å². The van der Waals surface area contributed by atoms with Crippen LogP contribution in [0.4, 0.5) is 4.39 Å². The Balaban J connectivity index is 2.78. The molecule has 0 N–H and O–H groups in total. The third-order valence-corrected chi connectivity index (χ3v) is 3.13. The monoisotopic (exact) mass is 265 g/mol. The molecule has 0 aromatic heterocycles. The van der Waals surface area contributed by atoms with Crippen LogP contribution in [0, 0.1) is 5.92 Å². The molecule has 1 rings (SSSR count). The number of hydrogen-bond donors (Lipinski definition) is 0. The maximum atomic E-state index is 13.4. The van der Waals surface area contributed by atoms with E-state index in [0.717, 1.165) is 19.3 Å². The largest absolute Gasteiger partial charge is 0.505 e. The van der Waals surface area contributed by atoms with E-state index in [-0.39, 0.29) is 5.83 Å². The average Bonchev–Trinajstić information content (AvgIpc) is 2.45. The van der Waals surface area contributed by atoms with Gasteiger partial charge < -0.3 is 9.64 Å². The van der Waals surface area contributed by atoms with Gasteiger partial charge in [0.1, 0.15) is 5.83 Å². The van der Waals surface area contributed by atoms with Crippen LogP contribution < -0.4 is 0 Å². The van der Waals surface area contributed by atoms with Gasteiger partial charge in [0.05, 0.1) is 13.4 Å². The Morgan fingerprint density at radius 1 is 1.47 bits per heavy atom. The number of rotatable bonds is 5. The van der Waals surface area contributed by atoms with Gasteiger partial charge in [-0.3, -0.25) is 0 Å². The van der Waals surface area contributed by atoms with Gasteiger partial charge >= 0.3 is 0 Å². The van der Waals surface area contributed by atoms with E-state index in [4.69, 9.17) is 4.74 Å². The molecular formula is C16H24FNO. The van der Waals surface area contributed by atoms with Crippen LogP contribution in [0.25, 0.3) is 0 Å². The second kappa shape index (κ2) is 8.57. The fourth-order valence-electron chi connectivity index (χ4n) is 2.18. The van der Waals surface area contributed by atoms with E-state index in [1.807, 2.05) is 26.2 Å². The lowest BCUT2D eigenvalue weighted by Crippen LogP contribution is -2.18. The Morgan fingerprint density at radius 3 is 2.95 bits per heavy atom. The predicted molar refractivity (Wildman–Crippen MR) is 78.2 cm³/mol. The molecule has 0 aromatic carbocycles. The molecule has 1 aliphatic carbocycles. The lowest BCUT2D eigenvalue weighted by molar-refractivity contribution is 0.335. The molecule has 1 aliphatic rings. The van der Waals surface area contributed by atoms with Crippen molar-refractivity contribution in [1.29, 1.82) is 0 Å². The standard InChI is InChI=1S/C16H24FNO/c1-18(2)16-12-7-11-15(17)10-6-9-14(16)8-4-5-13-19-3/h5-6,9-10,12-14H,4,7-8,11H2,1-3H3/b9-6?,13-5+,15-10+,16-12+. The highest BCUT2D eigenvalue weighted by Gasteiger charge is 2.13. The molecule has 19 heavy (non-hydrogen) atoms. The van der Waals surface area contributed by atoms with Crippen LogP contribution >= 0.6 is 0 Å². The van der Waals surface area contributed by atoms with E-state index in [0.29, 0.717) is 12.3 Å². The van der Waals surface area contributed by atoms with Gasteiger partial charge in [0.25, 0.3) is 0 Å². The minimum atomic E-state index is -0.0504. The lowest BCUT2D eigenvalue weighted by atomic mass is 9.97. The van der Waals surface area contributed by atoms with Crippen LogP contribution in [0.2, 0.25) is 0 Å². The maximum absolute atomic E-state index is 13.4. The van der Waals surface area contributed by atoms with Crippen molar-refractivity contribution >= 4 is 0 Å². The molecule has 2 nitrogen and oxygen atoms in total. The summed E-state index contributed by atoms with van der Waals surface area (Å²) in [4.78, 5) is 2.12. The highest BCUT2D eigenvalue weighted by Crippen LogP contribution is 2.24. The Kier molecular flexibility index (Phi) is 7.01. The first-order valence-corrected chi connectivity index (χ1v) is 6.73. The van der Waals surface area contributed by atoms with Gasteiger partial charge in [0, 0.05) is 32.1 Å². The van der Waals surface area contributed by atoms with Crippen LogP contribution in [0.1, 0.15) is 25.7 Å². The average molecular weight is 265 g/mol. The topological polar surface area (TPSA) is 12.5 Å². The Labute approximate surface area is 115 Å². The second-order valence-corrected chi connectivity index (χ2v) is 4.85. The molecule has 0 fully saturated rings. The minimum absolute atomic E-state index is 0.0504. The van der Waals surface area contributed by atoms with Crippen molar-refractivity contribution < 1.29 is 9.13 Å². The van der Waals surface area contributed by atoms with Gasteiger partial charge in [0.15, 0.2) is 0 Å². The summed E-state index contributed by atoms with van der Waals surface area (Å²) in [6.07, 6.45) is 14.5. The van der Waals surface area contributed by atoms with Gasteiger partial charge in [-0.25, -0.2) is 4.39 Å². The Morgan fingerprint density at radius 2 is 2.26 bits per heavy atom. The highest BCUT2D eigenvalue weighted by atomic mass is 19.1. The smallest absolute Gasteiger partial charge is 0.100 e. The fraction of sp³-hybridized carbons (Fsp3) is 0.500. The highest BCUT2D eigenvalue weighted by molar-refractivity contribution is 5.19. The molecular weight excluding hydrogens is 241 g/mol. The van der Waals surface area contributed by atoms with E-state index in [9.17, 15) is 4.39 Å². The molecule has 3 heteroatoms. The third kappa shape index (κ3) is 5.77. The summed E-state index contributed by atoms with van der Waals surface area (Å²) in [6, 6.07) is 0. The summed E-state index contributed by atoms with van der Waals surface area (Å²) >= 11 is 0. The Bertz CT molecular complexity index is 380. The molecule has 0 amide bonds. The number of nitrogens with zero attached hydrogens (tertiary/aromatic N) is 1. The predicted octanol–water partition coefficient (Wildman–Crippen LogP) is 4.19. The minimum Gasteiger partial charge on any atom is -0.505 e. The summed E-state index contributed by atoms with van der Waals surface area (Å²) in [5.41, 5.74) is 1.25. The van der Waals surface area contributed by atoms with Gasteiger partial charge in [-0.1, -0.05) is 18.2 Å². The molecule has 0 spiro atoms. The summed E-state index contributed by atoms with van der Waals surface area (Å²) in [7, 11) is 5.73. The zero-order chi connectivity index (χ0) is 14.1. The summed E-state index contributed by atoms with van der Waals surface area (Å²) in [6.45, 7) is 0. The number of ether oxygens (including phenoxy) is 1. The molecule has 1 atom stereocenters. The van der Waals surface area contributed by atoms with Crippen molar-refractivity contribution in [2.75, 3.05) is 21.2 Å². The second-order valence-electron chi connectivity index (χ2n) is 4.85. The molecule has 106 valence electrons. The molecule has 0 heterocycles. The number of halogens is 1. The van der Waals surface area contributed by atoms with Crippen molar-refractivity contribution in [2.45, 2.75) is 25.7 Å². The molecule has 0 saturated carbocycles. The summed E-state index contributed by atoms with van der Waals surface area (Å²) in [5.74, 6) is 0.268. The van der Waals surface area contributed by atoms with Crippen molar-refractivity contribution in [3.05, 3.63) is 48.2 Å². The molecule has 0 bridgehead atoms. The maximum Gasteiger partial charge on any atom is 0.100 e. The number of allylic oxidation sites excluding steroid dienone is 6. The van der Waals surface area contributed by atoms with Gasteiger partial charge in [-0.2, -0.15) is 0 Å². The zero-order valence-electron chi connectivity index (χ0n) is 12.1. The van der Waals surface area contributed by atoms with Crippen LogP contribution in [0.3, 0.4) is 0 Å². The summed E-state index contributed by atoms with van der Waals surface area (Å²) in [5, 5.41) is 0. The van der Waals surface area contributed by atoms with Crippen molar-refractivity contribution in [1.82, 2.24) is 4.90 Å². The molecule has 0 aromatic rings. The van der Waals surface area contributed by atoms with E-state index >= 15 is 0 Å². The SMILES string of the molecule is CO/C=C/CCC1C=C/C=C(/F)CC/C=C\1N(C)C. The van der Waals surface area contributed by atoms with Crippen LogP contribution in [-0.4, -0.2) is 26.1 Å². The summed E-state index contributed by atoms with van der Waals surface area (Å²) < 4.78 is 18.3. The molecule has 0 aliphatic heterocycles. The van der Waals surface area contributed by atoms with Gasteiger partial charge in [-0.05, 0) is 31.4 Å². The quantitative estimate of drug-likeness (QED) is 0.691. The molecule has 1 unspecified atom stereocenters. The lowest BCUT2D eigenvalue weighted by Gasteiger charge is -2.24. The fourth-order valence-corrected chi connectivity index (χ4v) is 2.18. The van der Waals surface area contributed by atoms with Gasteiger partial charge in [-0.15, -0.1) is 0 Å². The Hall–Kier alpha value is -1.51. The first-order valence-electron chi connectivity index (χ1n) is 6.73. The van der Waals surface area contributed by atoms with E-state index in [1.54, 1.807) is 19.4 Å². The van der Waals surface area contributed by atoms with Crippen LogP contribution in [-0.2, 0) is 4.74 Å². The normalized spacial score (nSPS) is 25.8. The van der Waals surface area contributed by atoms with Crippen molar-refractivity contribution in [3.8, 4) is 0 Å². The first-order chi connectivity index (χ1) is 9.15. The number of methoxy groups -OCH3 is 1. The first kappa shape index (κ1) is 15.5. The third-order valence-electron chi connectivity index (χ3n) is 3.13. The zero-order valence-corrected chi connectivity index (χ0v) is 12.1. The van der Waals surface area contributed by atoms with Gasteiger partial charge in [0.2, 0.25) is 0 Å². The van der Waals surface area contributed by atoms with Crippen molar-refractivity contribution in [2.24, 2.45) is 5.92 Å². The van der Waals surface area contributed by atoms with Crippen LogP contribution in [0.5, 0.6) is 0 Å². The molecule has 0 radical (unpaired) electrons. The van der Waals surface area contributed by atoms with Crippen LogP contribution in [0.15, 0.2) is 48.2 Å².